The first kappa shape index (κ1) is 20.7. The molecule has 0 aliphatic heterocycles. The molecule has 0 radical (unpaired) electrons. The zero-order chi connectivity index (χ0) is 20.8. The van der Waals surface area contributed by atoms with Crippen molar-refractivity contribution in [2.24, 2.45) is 0 Å². The molecular weight excluding hydrogens is 372 g/mol. The van der Waals surface area contributed by atoms with Crippen LogP contribution in [0.4, 0.5) is 8.78 Å². The summed E-state index contributed by atoms with van der Waals surface area (Å²) < 4.78 is 27.6. The molecule has 2 aromatic carbocycles. The van der Waals surface area contributed by atoms with Crippen molar-refractivity contribution in [3.05, 3.63) is 78.0 Å². The second-order valence-corrected chi connectivity index (χ2v) is 7.00. The third-order valence-corrected chi connectivity index (χ3v) is 4.65. The van der Waals surface area contributed by atoms with E-state index in [0.717, 1.165) is 42.1 Å². The Hall–Kier alpha value is -3.05. The van der Waals surface area contributed by atoms with Gasteiger partial charge in [0.2, 0.25) is 5.82 Å². The molecule has 1 atom stereocenters. The second kappa shape index (κ2) is 9.43. The largest absolute Gasteiger partial charge is 0.505 e. The normalized spacial score (nSPS) is 12.4. The fourth-order valence-corrected chi connectivity index (χ4v) is 3.00. The molecule has 1 aromatic heterocycles. The van der Waals surface area contributed by atoms with E-state index in [1.165, 1.54) is 12.3 Å². The van der Waals surface area contributed by atoms with Crippen molar-refractivity contribution in [1.29, 1.82) is 0 Å². The molecule has 0 bridgehead atoms. The van der Waals surface area contributed by atoms with Crippen molar-refractivity contribution in [1.82, 2.24) is 4.98 Å². The number of nitrogens with zero attached hydrogens (tertiary/aromatic N) is 1. The van der Waals surface area contributed by atoms with Gasteiger partial charge in [0, 0.05) is 22.9 Å². The Balaban J connectivity index is 1.69. The maximum Gasteiger partial charge on any atom is 0.200 e. The molecule has 5 heteroatoms. The zero-order valence-electron chi connectivity index (χ0n) is 16.1. The first-order valence-corrected chi connectivity index (χ1v) is 9.54. The number of aromatic nitrogens is 1. The molecule has 0 fully saturated rings. The SMILES string of the molecule is CC(O)CCCC=Cc1ccc(-c2ccc(-c3ccc(O)c(F)c3F)cn2)cc1. The van der Waals surface area contributed by atoms with E-state index in [2.05, 4.69) is 11.1 Å². The molecule has 2 N–H and O–H groups in total. The van der Waals surface area contributed by atoms with Crippen LogP contribution in [0.5, 0.6) is 5.75 Å². The summed E-state index contributed by atoms with van der Waals surface area (Å²) in [6.45, 7) is 1.79. The van der Waals surface area contributed by atoms with E-state index >= 15 is 0 Å². The van der Waals surface area contributed by atoms with Gasteiger partial charge in [-0.1, -0.05) is 42.5 Å². The zero-order valence-corrected chi connectivity index (χ0v) is 16.1. The molecule has 0 aliphatic carbocycles. The maximum atomic E-state index is 14.0. The number of unbranched alkanes of at least 4 members (excludes halogenated alkanes) is 1. The molecule has 29 heavy (non-hydrogen) atoms. The number of pyridine rings is 1. The van der Waals surface area contributed by atoms with Crippen LogP contribution in [0.1, 0.15) is 31.7 Å². The topological polar surface area (TPSA) is 53.4 Å². The fourth-order valence-electron chi connectivity index (χ4n) is 3.00. The van der Waals surface area contributed by atoms with Gasteiger partial charge in [-0.15, -0.1) is 0 Å². The van der Waals surface area contributed by atoms with Crippen LogP contribution >= 0.6 is 0 Å². The number of phenolic OH excluding ortho intramolecular Hbond substituents is 1. The molecule has 0 aliphatic rings. The van der Waals surface area contributed by atoms with Gasteiger partial charge in [0.1, 0.15) is 0 Å². The van der Waals surface area contributed by atoms with E-state index in [1.54, 1.807) is 19.1 Å². The monoisotopic (exact) mass is 395 g/mol. The lowest BCUT2D eigenvalue weighted by molar-refractivity contribution is 0.182. The number of aliphatic hydroxyl groups is 1. The highest BCUT2D eigenvalue weighted by molar-refractivity contribution is 5.68. The van der Waals surface area contributed by atoms with Gasteiger partial charge in [0.25, 0.3) is 0 Å². The summed E-state index contributed by atoms with van der Waals surface area (Å²) >= 11 is 0. The fraction of sp³-hybridized carbons (Fsp3) is 0.208. The second-order valence-electron chi connectivity index (χ2n) is 7.00. The number of rotatable bonds is 7. The Morgan fingerprint density at radius 2 is 1.69 bits per heavy atom. The first-order chi connectivity index (χ1) is 14.0. The van der Waals surface area contributed by atoms with Gasteiger partial charge in [-0.2, -0.15) is 4.39 Å². The molecule has 3 rings (SSSR count). The number of allylic oxidation sites excluding steroid dienone is 1. The summed E-state index contributed by atoms with van der Waals surface area (Å²) in [5.74, 6) is -3.07. The molecule has 1 heterocycles. The minimum absolute atomic E-state index is 0.0513. The molecule has 0 amide bonds. The van der Waals surface area contributed by atoms with Crippen molar-refractivity contribution >= 4 is 6.08 Å². The predicted octanol–water partition coefficient (Wildman–Crippen LogP) is 5.96. The Morgan fingerprint density at radius 1 is 0.966 bits per heavy atom. The summed E-state index contributed by atoms with van der Waals surface area (Å²) in [6, 6.07) is 13.8. The van der Waals surface area contributed by atoms with Crippen molar-refractivity contribution in [3.63, 3.8) is 0 Å². The number of hydrogen-bond acceptors (Lipinski definition) is 3. The van der Waals surface area contributed by atoms with Crippen molar-refractivity contribution < 1.29 is 19.0 Å². The van der Waals surface area contributed by atoms with Gasteiger partial charge in [-0.05, 0) is 49.9 Å². The van der Waals surface area contributed by atoms with E-state index in [9.17, 15) is 19.0 Å². The van der Waals surface area contributed by atoms with Crippen molar-refractivity contribution in [2.75, 3.05) is 0 Å². The number of aromatic hydroxyl groups is 1. The maximum absolute atomic E-state index is 14.0. The number of aliphatic hydroxyl groups excluding tert-OH is 1. The summed E-state index contributed by atoms with van der Waals surface area (Å²) in [6.07, 6.45) is 8.04. The van der Waals surface area contributed by atoms with Crippen LogP contribution in [-0.2, 0) is 0 Å². The summed E-state index contributed by atoms with van der Waals surface area (Å²) in [5, 5.41) is 18.5. The van der Waals surface area contributed by atoms with Crippen LogP contribution in [0.15, 0.2) is 60.8 Å². The number of benzene rings is 2. The number of halogens is 2. The van der Waals surface area contributed by atoms with E-state index in [4.69, 9.17) is 0 Å². The highest BCUT2D eigenvalue weighted by Gasteiger charge is 2.14. The van der Waals surface area contributed by atoms with Gasteiger partial charge in [-0.3, -0.25) is 4.98 Å². The van der Waals surface area contributed by atoms with Crippen LogP contribution in [0.3, 0.4) is 0 Å². The van der Waals surface area contributed by atoms with Gasteiger partial charge < -0.3 is 10.2 Å². The summed E-state index contributed by atoms with van der Waals surface area (Å²) in [4.78, 5) is 4.36. The van der Waals surface area contributed by atoms with Crippen LogP contribution in [-0.4, -0.2) is 21.3 Å². The lowest BCUT2D eigenvalue weighted by Gasteiger charge is -2.07. The van der Waals surface area contributed by atoms with Crippen LogP contribution in [0.25, 0.3) is 28.5 Å². The van der Waals surface area contributed by atoms with E-state index in [0.29, 0.717) is 5.56 Å². The van der Waals surface area contributed by atoms with E-state index < -0.39 is 17.4 Å². The summed E-state index contributed by atoms with van der Waals surface area (Å²) in [5.41, 5.74) is 3.20. The van der Waals surface area contributed by atoms with Crippen molar-refractivity contribution in [3.8, 4) is 28.1 Å². The number of hydrogen-bond donors (Lipinski definition) is 2. The lowest BCUT2D eigenvalue weighted by atomic mass is 10.0. The molecule has 3 aromatic rings. The molecule has 0 spiro atoms. The highest BCUT2D eigenvalue weighted by atomic mass is 19.2. The molecule has 1 unspecified atom stereocenters. The Morgan fingerprint density at radius 3 is 2.34 bits per heavy atom. The first-order valence-electron chi connectivity index (χ1n) is 9.54. The van der Waals surface area contributed by atoms with Crippen LogP contribution in [0, 0.1) is 11.6 Å². The van der Waals surface area contributed by atoms with Gasteiger partial charge >= 0.3 is 0 Å². The molecular formula is C24H23F2NO2. The van der Waals surface area contributed by atoms with E-state index in [-0.39, 0.29) is 11.7 Å². The summed E-state index contributed by atoms with van der Waals surface area (Å²) in [7, 11) is 0. The smallest absolute Gasteiger partial charge is 0.200 e. The number of phenols is 1. The predicted molar refractivity (Wildman–Crippen MR) is 111 cm³/mol. The van der Waals surface area contributed by atoms with Crippen LogP contribution in [0.2, 0.25) is 0 Å². The Labute approximate surface area is 169 Å². The minimum Gasteiger partial charge on any atom is -0.505 e. The quantitative estimate of drug-likeness (QED) is 0.485. The standard InChI is InChI=1S/C24H23F2NO2/c1-16(28)5-3-2-4-6-17-7-9-18(10-8-17)21-13-11-19(15-27-21)20-12-14-22(29)24(26)23(20)25/h4,6-16,28-29H,2-3,5H2,1H3. The molecule has 0 saturated heterocycles. The van der Waals surface area contributed by atoms with E-state index in [1.807, 2.05) is 30.3 Å². The highest BCUT2D eigenvalue weighted by Crippen LogP contribution is 2.29. The third kappa shape index (κ3) is 5.27. The minimum atomic E-state index is -1.26. The van der Waals surface area contributed by atoms with Crippen LogP contribution < -0.4 is 0 Å². The molecule has 3 nitrogen and oxygen atoms in total. The lowest BCUT2D eigenvalue weighted by Crippen LogP contribution is -1.97. The molecule has 0 saturated carbocycles. The average molecular weight is 395 g/mol. The van der Waals surface area contributed by atoms with Gasteiger partial charge in [0.05, 0.1) is 11.8 Å². The Bertz CT molecular complexity index is 981. The molecule has 150 valence electrons. The van der Waals surface area contributed by atoms with Gasteiger partial charge in [-0.25, -0.2) is 4.39 Å². The Kier molecular flexibility index (Phi) is 6.73. The van der Waals surface area contributed by atoms with Gasteiger partial charge in [0.15, 0.2) is 11.6 Å². The van der Waals surface area contributed by atoms with Crippen molar-refractivity contribution in [2.45, 2.75) is 32.3 Å². The third-order valence-electron chi connectivity index (χ3n) is 4.65. The average Bonchev–Trinajstić information content (AvgIpc) is 2.72.